The SMILES string of the molecule is COc1ccccc1C=NNC(=O)C(C)Sc1nnc(CNc2ccc(Cl)cc2C)n1-c1ccccc1. The van der Waals surface area contributed by atoms with Crippen molar-refractivity contribution in [2.75, 3.05) is 12.4 Å². The Labute approximate surface area is 225 Å². The first-order valence-electron chi connectivity index (χ1n) is 11.6. The largest absolute Gasteiger partial charge is 0.496 e. The quantitative estimate of drug-likeness (QED) is 0.159. The van der Waals surface area contributed by atoms with Gasteiger partial charge in [0.05, 0.1) is 25.1 Å². The van der Waals surface area contributed by atoms with Crippen molar-refractivity contribution < 1.29 is 9.53 Å². The van der Waals surface area contributed by atoms with Gasteiger partial charge in [0.15, 0.2) is 11.0 Å². The molecule has 1 aromatic heterocycles. The van der Waals surface area contributed by atoms with Gasteiger partial charge >= 0.3 is 0 Å². The van der Waals surface area contributed by atoms with Crippen molar-refractivity contribution in [3.05, 3.63) is 94.8 Å². The summed E-state index contributed by atoms with van der Waals surface area (Å²) in [6.45, 7) is 4.24. The number of hydrogen-bond acceptors (Lipinski definition) is 7. The van der Waals surface area contributed by atoms with Crippen molar-refractivity contribution in [1.82, 2.24) is 20.2 Å². The monoisotopic (exact) mass is 534 g/mol. The molecule has 8 nitrogen and oxygen atoms in total. The smallest absolute Gasteiger partial charge is 0.253 e. The van der Waals surface area contributed by atoms with Gasteiger partial charge in [-0.05, 0) is 61.9 Å². The van der Waals surface area contributed by atoms with Crippen LogP contribution in [0.3, 0.4) is 0 Å². The van der Waals surface area contributed by atoms with Gasteiger partial charge in [-0.2, -0.15) is 5.10 Å². The highest BCUT2D eigenvalue weighted by atomic mass is 35.5. The minimum absolute atomic E-state index is 0.254. The van der Waals surface area contributed by atoms with Gasteiger partial charge in [0, 0.05) is 22.0 Å². The van der Waals surface area contributed by atoms with Crippen molar-refractivity contribution in [2.45, 2.75) is 30.8 Å². The molecule has 37 heavy (non-hydrogen) atoms. The molecule has 1 amide bonds. The third kappa shape index (κ3) is 6.69. The zero-order chi connectivity index (χ0) is 26.2. The van der Waals surface area contributed by atoms with Gasteiger partial charge in [0.1, 0.15) is 5.75 Å². The number of methoxy groups -OCH3 is 1. The molecule has 10 heteroatoms. The first-order valence-corrected chi connectivity index (χ1v) is 12.8. The van der Waals surface area contributed by atoms with Crippen LogP contribution >= 0.6 is 23.4 Å². The zero-order valence-corrected chi connectivity index (χ0v) is 22.3. The number of hydrogen-bond donors (Lipinski definition) is 2. The van der Waals surface area contributed by atoms with Gasteiger partial charge in [0.25, 0.3) is 5.91 Å². The van der Waals surface area contributed by atoms with Crippen molar-refractivity contribution in [3.8, 4) is 11.4 Å². The second-order valence-corrected chi connectivity index (χ2v) is 9.86. The molecular formula is C27H27ClN6O2S. The van der Waals surface area contributed by atoms with Gasteiger partial charge in [-0.1, -0.05) is 53.7 Å². The maximum atomic E-state index is 12.8. The molecular weight excluding hydrogens is 508 g/mol. The van der Waals surface area contributed by atoms with E-state index in [1.807, 2.05) is 84.3 Å². The number of amides is 1. The molecule has 0 spiro atoms. The lowest BCUT2D eigenvalue weighted by Gasteiger charge is -2.14. The Morgan fingerprint density at radius 3 is 2.65 bits per heavy atom. The number of halogens is 1. The molecule has 3 aromatic carbocycles. The Hall–Kier alpha value is -3.82. The number of aryl methyl sites for hydroxylation is 1. The fourth-order valence-corrected chi connectivity index (χ4v) is 4.68. The maximum absolute atomic E-state index is 12.8. The first-order chi connectivity index (χ1) is 18.0. The highest BCUT2D eigenvalue weighted by molar-refractivity contribution is 8.00. The molecule has 1 heterocycles. The minimum atomic E-state index is -0.471. The summed E-state index contributed by atoms with van der Waals surface area (Å²) in [4.78, 5) is 12.8. The number of ether oxygens (including phenoxy) is 1. The molecule has 4 aromatic rings. The standard InChI is InChI=1S/C27H27ClN6O2S/c1-18-15-21(28)13-14-23(18)29-17-25-31-33-27(34(25)22-10-5-4-6-11-22)37-19(2)26(35)32-30-16-20-9-7-8-12-24(20)36-3/h4-16,19,29H,17H2,1-3H3,(H,32,35). The summed E-state index contributed by atoms with van der Waals surface area (Å²) in [6.07, 6.45) is 1.56. The highest BCUT2D eigenvalue weighted by Gasteiger charge is 2.21. The Morgan fingerprint density at radius 2 is 1.89 bits per heavy atom. The second-order valence-electron chi connectivity index (χ2n) is 8.12. The molecule has 0 fully saturated rings. The fraction of sp³-hybridized carbons (Fsp3) is 0.185. The molecule has 0 radical (unpaired) electrons. The first kappa shape index (κ1) is 26.2. The van der Waals surface area contributed by atoms with Crippen LogP contribution in [-0.2, 0) is 11.3 Å². The lowest BCUT2D eigenvalue weighted by Crippen LogP contribution is -2.27. The van der Waals surface area contributed by atoms with Crippen molar-refractivity contribution in [1.29, 1.82) is 0 Å². The Kier molecular flexibility index (Phi) is 8.81. The molecule has 0 aliphatic carbocycles. The van der Waals surface area contributed by atoms with Crippen LogP contribution in [-0.4, -0.2) is 39.2 Å². The highest BCUT2D eigenvalue weighted by Crippen LogP contribution is 2.27. The van der Waals surface area contributed by atoms with Crippen molar-refractivity contribution >= 4 is 41.2 Å². The van der Waals surface area contributed by atoms with E-state index in [4.69, 9.17) is 16.3 Å². The molecule has 190 valence electrons. The normalized spacial score (nSPS) is 11.9. The van der Waals surface area contributed by atoms with Crippen molar-refractivity contribution in [2.24, 2.45) is 5.10 Å². The van der Waals surface area contributed by atoms with Gasteiger partial charge in [-0.3, -0.25) is 9.36 Å². The number of hydrazone groups is 1. The van der Waals surface area contributed by atoms with Crippen LogP contribution in [0.2, 0.25) is 5.02 Å². The van der Waals surface area contributed by atoms with Crippen LogP contribution in [0.25, 0.3) is 5.69 Å². The number of para-hydroxylation sites is 2. The lowest BCUT2D eigenvalue weighted by molar-refractivity contribution is -0.120. The number of thioether (sulfide) groups is 1. The topological polar surface area (TPSA) is 93.4 Å². The molecule has 0 aliphatic heterocycles. The van der Waals surface area contributed by atoms with E-state index in [1.165, 1.54) is 11.8 Å². The van der Waals surface area contributed by atoms with Gasteiger partial charge in [-0.15, -0.1) is 10.2 Å². The number of carbonyl (C=O) groups is 1. The second kappa shape index (κ2) is 12.4. The Bertz CT molecular complexity index is 1390. The molecule has 0 aliphatic rings. The van der Waals surface area contributed by atoms with Crippen LogP contribution < -0.4 is 15.5 Å². The maximum Gasteiger partial charge on any atom is 0.253 e. The number of nitrogens with one attached hydrogen (secondary N) is 2. The molecule has 2 N–H and O–H groups in total. The van der Waals surface area contributed by atoms with Crippen LogP contribution in [0, 0.1) is 6.92 Å². The zero-order valence-electron chi connectivity index (χ0n) is 20.7. The number of carbonyl (C=O) groups excluding carboxylic acids is 1. The number of rotatable bonds is 10. The van der Waals surface area contributed by atoms with Crippen LogP contribution in [0.5, 0.6) is 5.75 Å². The summed E-state index contributed by atoms with van der Waals surface area (Å²) in [5, 5.41) is 17.1. The number of aromatic nitrogens is 3. The fourth-order valence-electron chi connectivity index (χ4n) is 3.57. The van der Waals surface area contributed by atoms with E-state index in [0.717, 1.165) is 22.5 Å². The lowest BCUT2D eigenvalue weighted by atomic mass is 10.2. The Morgan fingerprint density at radius 1 is 1.14 bits per heavy atom. The van der Waals surface area contributed by atoms with Crippen LogP contribution in [0.15, 0.2) is 83.1 Å². The van der Waals surface area contributed by atoms with E-state index in [9.17, 15) is 4.79 Å². The minimum Gasteiger partial charge on any atom is -0.496 e. The average molecular weight is 535 g/mol. The van der Waals surface area contributed by atoms with E-state index < -0.39 is 5.25 Å². The van der Waals surface area contributed by atoms with E-state index in [0.29, 0.717) is 28.3 Å². The third-order valence-electron chi connectivity index (χ3n) is 5.51. The predicted octanol–water partition coefficient (Wildman–Crippen LogP) is 5.48. The predicted molar refractivity (Wildman–Crippen MR) is 149 cm³/mol. The average Bonchev–Trinajstić information content (AvgIpc) is 3.31. The number of nitrogens with zero attached hydrogens (tertiary/aromatic N) is 4. The molecule has 1 atom stereocenters. The number of anilines is 1. The Balaban J connectivity index is 1.48. The molecule has 0 bridgehead atoms. The molecule has 4 rings (SSSR count). The van der Waals surface area contributed by atoms with Crippen LogP contribution in [0.4, 0.5) is 5.69 Å². The molecule has 1 unspecified atom stereocenters. The van der Waals surface area contributed by atoms with Gasteiger partial charge < -0.3 is 10.1 Å². The number of benzene rings is 3. The summed E-state index contributed by atoms with van der Waals surface area (Å²) in [7, 11) is 1.59. The molecule has 0 saturated heterocycles. The van der Waals surface area contributed by atoms with Gasteiger partial charge in [-0.25, -0.2) is 5.43 Å². The molecule has 0 saturated carbocycles. The van der Waals surface area contributed by atoms with E-state index in [2.05, 4.69) is 26.0 Å². The van der Waals surface area contributed by atoms with E-state index in [-0.39, 0.29) is 5.91 Å². The summed E-state index contributed by atoms with van der Waals surface area (Å²) < 4.78 is 7.26. The summed E-state index contributed by atoms with van der Waals surface area (Å²) >= 11 is 7.40. The summed E-state index contributed by atoms with van der Waals surface area (Å²) in [5.74, 6) is 1.13. The van der Waals surface area contributed by atoms with E-state index in [1.54, 1.807) is 20.2 Å². The van der Waals surface area contributed by atoms with Crippen molar-refractivity contribution in [3.63, 3.8) is 0 Å². The summed E-state index contributed by atoms with van der Waals surface area (Å²) in [6, 6.07) is 22.9. The van der Waals surface area contributed by atoms with Crippen LogP contribution in [0.1, 0.15) is 23.9 Å². The van der Waals surface area contributed by atoms with E-state index >= 15 is 0 Å². The summed E-state index contributed by atoms with van der Waals surface area (Å²) in [5.41, 5.74) is 6.26. The third-order valence-corrected chi connectivity index (χ3v) is 6.79. The van der Waals surface area contributed by atoms with Gasteiger partial charge in [0.2, 0.25) is 0 Å².